The van der Waals surface area contributed by atoms with Gasteiger partial charge in [0.15, 0.2) is 0 Å². The summed E-state index contributed by atoms with van der Waals surface area (Å²) >= 11 is 0. The molecule has 4 heteroatoms. The van der Waals surface area contributed by atoms with Crippen LogP contribution in [0.4, 0.5) is 0 Å². The fourth-order valence-electron chi connectivity index (χ4n) is 2.19. The molecule has 1 aromatic carbocycles. The average Bonchev–Trinajstić information content (AvgIpc) is 2.70. The normalized spacial score (nSPS) is 12.4. The molecule has 0 aliphatic rings. The minimum absolute atomic E-state index is 0.0498. The first-order valence-corrected chi connectivity index (χ1v) is 6.02. The van der Waals surface area contributed by atoms with Crippen molar-refractivity contribution in [2.75, 3.05) is 13.7 Å². The highest BCUT2D eigenvalue weighted by molar-refractivity contribution is 5.31. The smallest absolute Gasteiger partial charge is 0.119 e. The molecule has 4 nitrogen and oxygen atoms in total. The van der Waals surface area contributed by atoms with Gasteiger partial charge in [-0.15, -0.1) is 0 Å². The van der Waals surface area contributed by atoms with Gasteiger partial charge in [0.25, 0.3) is 0 Å². The molecule has 2 N–H and O–H groups in total. The van der Waals surface area contributed by atoms with E-state index in [1.54, 1.807) is 7.11 Å². The first-order valence-electron chi connectivity index (χ1n) is 6.02. The zero-order chi connectivity index (χ0) is 13.1. The Morgan fingerprint density at radius 2 is 2.11 bits per heavy atom. The monoisotopic (exact) mass is 245 g/mol. The van der Waals surface area contributed by atoms with Crippen LogP contribution in [0.1, 0.15) is 23.0 Å². The standard InChI is InChI=1S/C14H19N3O/c1-10-7-11(2)17(16-10)14(9-15)12-5-4-6-13(8-12)18-3/h4-8,14H,9,15H2,1-3H3. The second kappa shape index (κ2) is 5.23. The number of methoxy groups -OCH3 is 1. The highest BCUT2D eigenvalue weighted by Crippen LogP contribution is 2.23. The van der Waals surface area contributed by atoms with Crippen LogP contribution in [0, 0.1) is 13.8 Å². The van der Waals surface area contributed by atoms with Gasteiger partial charge in [0.05, 0.1) is 18.8 Å². The number of rotatable bonds is 4. The molecule has 0 spiro atoms. The van der Waals surface area contributed by atoms with Gasteiger partial charge in [-0.1, -0.05) is 12.1 Å². The van der Waals surface area contributed by atoms with Crippen LogP contribution in [0.3, 0.4) is 0 Å². The summed E-state index contributed by atoms with van der Waals surface area (Å²) < 4.78 is 7.23. The Balaban J connectivity index is 2.41. The van der Waals surface area contributed by atoms with E-state index in [4.69, 9.17) is 10.5 Å². The van der Waals surface area contributed by atoms with Crippen molar-refractivity contribution >= 4 is 0 Å². The van der Waals surface area contributed by atoms with Gasteiger partial charge >= 0.3 is 0 Å². The maximum atomic E-state index is 5.90. The molecule has 1 unspecified atom stereocenters. The predicted octanol–water partition coefficient (Wildman–Crippen LogP) is 2.06. The Bertz CT molecular complexity index is 534. The maximum Gasteiger partial charge on any atom is 0.119 e. The van der Waals surface area contributed by atoms with Crippen LogP contribution in [0.15, 0.2) is 30.3 Å². The first kappa shape index (κ1) is 12.6. The number of hydrogen-bond acceptors (Lipinski definition) is 3. The fourth-order valence-corrected chi connectivity index (χ4v) is 2.19. The average molecular weight is 245 g/mol. The molecule has 2 rings (SSSR count). The van der Waals surface area contributed by atoms with E-state index in [9.17, 15) is 0 Å². The molecule has 0 amide bonds. The molecule has 18 heavy (non-hydrogen) atoms. The van der Waals surface area contributed by atoms with Crippen molar-refractivity contribution in [1.82, 2.24) is 9.78 Å². The van der Waals surface area contributed by atoms with E-state index < -0.39 is 0 Å². The number of nitrogens with zero attached hydrogens (tertiary/aromatic N) is 2. The van der Waals surface area contributed by atoms with Crippen molar-refractivity contribution in [2.45, 2.75) is 19.9 Å². The van der Waals surface area contributed by atoms with E-state index >= 15 is 0 Å². The zero-order valence-corrected chi connectivity index (χ0v) is 11.1. The quantitative estimate of drug-likeness (QED) is 0.897. The van der Waals surface area contributed by atoms with E-state index in [0.717, 1.165) is 22.7 Å². The van der Waals surface area contributed by atoms with Gasteiger partial charge in [0, 0.05) is 12.2 Å². The van der Waals surface area contributed by atoms with Gasteiger partial charge in [-0.05, 0) is 37.6 Å². The summed E-state index contributed by atoms with van der Waals surface area (Å²) in [4.78, 5) is 0. The van der Waals surface area contributed by atoms with E-state index in [2.05, 4.69) is 17.2 Å². The SMILES string of the molecule is COc1cccc(C(CN)n2nc(C)cc2C)c1. The van der Waals surface area contributed by atoms with E-state index in [1.165, 1.54) is 0 Å². The largest absolute Gasteiger partial charge is 0.497 e. The minimum atomic E-state index is 0.0498. The molecule has 1 atom stereocenters. The van der Waals surface area contributed by atoms with Gasteiger partial charge < -0.3 is 10.5 Å². The molecule has 0 fully saturated rings. The maximum absolute atomic E-state index is 5.90. The van der Waals surface area contributed by atoms with Gasteiger partial charge in [-0.25, -0.2) is 0 Å². The van der Waals surface area contributed by atoms with Crippen molar-refractivity contribution in [2.24, 2.45) is 5.73 Å². The first-order chi connectivity index (χ1) is 8.65. The molecule has 0 aliphatic heterocycles. The van der Waals surface area contributed by atoms with Crippen molar-refractivity contribution < 1.29 is 4.74 Å². The second-order valence-electron chi connectivity index (χ2n) is 4.40. The van der Waals surface area contributed by atoms with E-state index in [1.807, 2.05) is 36.7 Å². The Morgan fingerprint density at radius 1 is 1.33 bits per heavy atom. The van der Waals surface area contributed by atoms with Crippen molar-refractivity contribution in [1.29, 1.82) is 0 Å². The zero-order valence-electron chi connectivity index (χ0n) is 11.1. The lowest BCUT2D eigenvalue weighted by Crippen LogP contribution is -2.22. The highest BCUT2D eigenvalue weighted by atomic mass is 16.5. The molecule has 0 saturated carbocycles. The molecule has 1 heterocycles. The predicted molar refractivity (Wildman–Crippen MR) is 71.9 cm³/mol. The summed E-state index contributed by atoms with van der Waals surface area (Å²) in [6.07, 6.45) is 0. The molecular weight excluding hydrogens is 226 g/mol. The van der Waals surface area contributed by atoms with Crippen LogP contribution in [-0.4, -0.2) is 23.4 Å². The number of hydrogen-bond donors (Lipinski definition) is 1. The van der Waals surface area contributed by atoms with Gasteiger partial charge in [0.1, 0.15) is 5.75 Å². The van der Waals surface area contributed by atoms with Gasteiger partial charge in [-0.3, -0.25) is 4.68 Å². The van der Waals surface area contributed by atoms with Crippen LogP contribution in [0.5, 0.6) is 5.75 Å². The lowest BCUT2D eigenvalue weighted by Gasteiger charge is -2.18. The summed E-state index contributed by atoms with van der Waals surface area (Å²) in [6, 6.07) is 10.1. The van der Waals surface area contributed by atoms with Crippen LogP contribution in [0.2, 0.25) is 0 Å². The second-order valence-corrected chi connectivity index (χ2v) is 4.40. The third-order valence-corrected chi connectivity index (χ3v) is 3.04. The van der Waals surface area contributed by atoms with Crippen molar-refractivity contribution in [3.63, 3.8) is 0 Å². The molecule has 0 bridgehead atoms. The number of aromatic nitrogens is 2. The minimum Gasteiger partial charge on any atom is -0.497 e. The summed E-state index contributed by atoms with van der Waals surface area (Å²) in [7, 11) is 1.67. The molecule has 0 radical (unpaired) electrons. The highest BCUT2D eigenvalue weighted by Gasteiger charge is 2.15. The lowest BCUT2D eigenvalue weighted by molar-refractivity contribution is 0.412. The molecule has 1 aromatic heterocycles. The van der Waals surface area contributed by atoms with Crippen LogP contribution >= 0.6 is 0 Å². The summed E-state index contributed by atoms with van der Waals surface area (Å²) in [5, 5.41) is 4.51. The third-order valence-electron chi connectivity index (χ3n) is 3.04. The third kappa shape index (κ3) is 2.38. The fraction of sp³-hybridized carbons (Fsp3) is 0.357. The number of benzene rings is 1. The number of nitrogens with two attached hydrogens (primary N) is 1. The Kier molecular flexibility index (Phi) is 3.67. The topological polar surface area (TPSA) is 53.1 Å². The van der Waals surface area contributed by atoms with Gasteiger partial charge in [0.2, 0.25) is 0 Å². The summed E-state index contributed by atoms with van der Waals surface area (Å²) in [6.45, 7) is 4.54. The summed E-state index contributed by atoms with van der Waals surface area (Å²) in [5.74, 6) is 0.840. The van der Waals surface area contributed by atoms with E-state index in [0.29, 0.717) is 6.54 Å². The van der Waals surface area contributed by atoms with Crippen molar-refractivity contribution in [3.05, 3.63) is 47.3 Å². The Hall–Kier alpha value is -1.81. The molecule has 2 aromatic rings. The van der Waals surface area contributed by atoms with Crippen LogP contribution < -0.4 is 10.5 Å². The Labute approximate surface area is 107 Å². The lowest BCUT2D eigenvalue weighted by atomic mass is 10.1. The van der Waals surface area contributed by atoms with Gasteiger partial charge in [-0.2, -0.15) is 5.10 Å². The molecule has 0 saturated heterocycles. The van der Waals surface area contributed by atoms with Crippen molar-refractivity contribution in [3.8, 4) is 5.75 Å². The van der Waals surface area contributed by atoms with Crippen LogP contribution in [0.25, 0.3) is 0 Å². The molecule has 0 aliphatic carbocycles. The number of ether oxygens (including phenoxy) is 1. The Morgan fingerprint density at radius 3 is 2.67 bits per heavy atom. The molecule has 96 valence electrons. The number of aryl methyl sites for hydroxylation is 2. The summed E-state index contributed by atoms with van der Waals surface area (Å²) in [5.41, 5.74) is 9.14. The molecular formula is C14H19N3O. The van der Waals surface area contributed by atoms with Crippen LogP contribution in [-0.2, 0) is 0 Å². The van der Waals surface area contributed by atoms with E-state index in [-0.39, 0.29) is 6.04 Å².